The lowest BCUT2D eigenvalue weighted by atomic mass is 10.2. The van der Waals surface area contributed by atoms with Gasteiger partial charge in [0.1, 0.15) is 0 Å². The summed E-state index contributed by atoms with van der Waals surface area (Å²) in [6.45, 7) is 2.72. The van der Waals surface area contributed by atoms with Crippen LogP contribution in [0.4, 0.5) is 0 Å². The SMILES string of the molecule is Cc1c2ccccc2nn1CCO. The highest BCUT2D eigenvalue weighted by Gasteiger charge is 2.04. The second-order valence-corrected chi connectivity index (χ2v) is 3.05. The predicted octanol–water partition coefficient (Wildman–Crippen LogP) is 1.34. The lowest BCUT2D eigenvalue weighted by molar-refractivity contribution is 0.268. The van der Waals surface area contributed by atoms with Crippen LogP contribution < -0.4 is 0 Å². The van der Waals surface area contributed by atoms with Crippen LogP contribution in [0.5, 0.6) is 0 Å². The molecule has 0 atom stereocenters. The molecule has 0 bridgehead atoms. The minimum atomic E-state index is 0.134. The zero-order valence-corrected chi connectivity index (χ0v) is 7.57. The monoisotopic (exact) mass is 176 g/mol. The molecule has 3 heteroatoms. The summed E-state index contributed by atoms with van der Waals surface area (Å²) in [7, 11) is 0. The summed E-state index contributed by atoms with van der Waals surface area (Å²) in [6, 6.07) is 8.00. The molecule has 0 aliphatic heterocycles. The van der Waals surface area contributed by atoms with Gasteiger partial charge < -0.3 is 5.11 Å². The standard InChI is InChI=1S/C10H12N2O/c1-8-9-4-2-3-5-10(9)11-12(8)6-7-13/h2-5,13H,6-7H2,1H3. The number of hydrogen-bond donors (Lipinski definition) is 1. The molecule has 0 saturated heterocycles. The molecule has 0 aliphatic carbocycles. The van der Waals surface area contributed by atoms with E-state index in [4.69, 9.17) is 5.11 Å². The van der Waals surface area contributed by atoms with E-state index in [0.717, 1.165) is 16.6 Å². The van der Waals surface area contributed by atoms with Crippen molar-refractivity contribution in [1.29, 1.82) is 0 Å². The maximum absolute atomic E-state index is 8.81. The van der Waals surface area contributed by atoms with Crippen molar-refractivity contribution in [3.05, 3.63) is 30.0 Å². The summed E-state index contributed by atoms with van der Waals surface area (Å²) in [6.07, 6.45) is 0. The summed E-state index contributed by atoms with van der Waals surface area (Å²) in [4.78, 5) is 0. The number of aryl methyl sites for hydroxylation is 1. The first-order valence-corrected chi connectivity index (χ1v) is 4.36. The largest absolute Gasteiger partial charge is 0.394 e. The lowest BCUT2D eigenvalue weighted by Crippen LogP contribution is -2.05. The Morgan fingerprint density at radius 3 is 2.85 bits per heavy atom. The van der Waals surface area contributed by atoms with E-state index in [-0.39, 0.29) is 6.61 Å². The number of hydrogen-bond acceptors (Lipinski definition) is 2. The third-order valence-corrected chi connectivity index (χ3v) is 2.22. The fourth-order valence-corrected chi connectivity index (χ4v) is 1.52. The molecule has 2 aromatic rings. The average molecular weight is 176 g/mol. The topological polar surface area (TPSA) is 38.0 Å². The van der Waals surface area contributed by atoms with E-state index in [9.17, 15) is 0 Å². The number of aliphatic hydroxyl groups excluding tert-OH is 1. The zero-order chi connectivity index (χ0) is 9.26. The van der Waals surface area contributed by atoms with Crippen LogP contribution in [0.3, 0.4) is 0 Å². The lowest BCUT2D eigenvalue weighted by Gasteiger charge is -1.99. The van der Waals surface area contributed by atoms with Crippen molar-refractivity contribution >= 4 is 10.9 Å². The maximum Gasteiger partial charge on any atom is 0.0926 e. The van der Waals surface area contributed by atoms with E-state index in [1.807, 2.05) is 35.9 Å². The molecule has 1 N–H and O–H groups in total. The molecule has 0 unspecified atom stereocenters. The molecule has 1 heterocycles. The Hall–Kier alpha value is -1.35. The van der Waals surface area contributed by atoms with Gasteiger partial charge in [-0.3, -0.25) is 4.68 Å². The van der Waals surface area contributed by atoms with Gasteiger partial charge in [0, 0.05) is 11.1 Å². The van der Waals surface area contributed by atoms with Gasteiger partial charge in [0.25, 0.3) is 0 Å². The first-order chi connectivity index (χ1) is 6.33. The van der Waals surface area contributed by atoms with E-state index in [1.54, 1.807) is 0 Å². The number of aliphatic hydroxyl groups is 1. The van der Waals surface area contributed by atoms with Crippen molar-refractivity contribution in [3.8, 4) is 0 Å². The summed E-state index contributed by atoms with van der Waals surface area (Å²) in [5.41, 5.74) is 2.11. The predicted molar refractivity (Wildman–Crippen MR) is 51.6 cm³/mol. The summed E-state index contributed by atoms with van der Waals surface area (Å²) in [5, 5.41) is 14.3. The first-order valence-electron chi connectivity index (χ1n) is 4.36. The maximum atomic E-state index is 8.81. The molecule has 0 amide bonds. The zero-order valence-electron chi connectivity index (χ0n) is 7.57. The van der Waals surface area contributed by atoms with E-state index >= 15 is 0 Å². The molecule has 1 aromatic heterocycles. The molecule has 0 fully saturated rings. The number of nitrogens with zero attached hydrogens (tertiary/aromatic N) is 2. The van der Waals surface area contributed by atoms with Gasteiger partial charge in [-0.15, -0.1) is 0 Å². The van der Waals surface area contributed by atoms with Gasteiger partial charge in [-0.1, -0.05) is 18.2 Å². The fourth-order valence-electron chi connectivity index (χ4n) is 1.52. The van der Waals surface area contributed by atoms with Gasteiger partial charge in [-0.25, -0.2) is 0 Å². The Kier molecular flexibility index (Phi) is 2.02. The quantitative estimate of drug-likeness (QED) is 0.749. The second-order valence-electron chi connectivity index (χ2n) is 3.05. The van der Waals surface area contributed by atoms with Crippen LogP contribution in [-0.2, 0) is 6.54 Å². The molecule has 13 heavy (non-hydrogen) atoms. The Morgan fingerprint density at radius 1 is 1.38 bits per heavy atom. The minimum Gasteiger partial charge on any atom is -0.394 e. The van der Waals surface area contributed by atoms with Crippen molar-refractivity contribution in [2.45, 2.75) is 13.5 Å². The van der Waals surface area contributed by atoms with Crippen molar-refractivity contribution in [1.82, 2.24) is 9.78 Å². The third kappa shape index (κ3) is 1.31. The Labute approximate surface area is 76.6 Å². The number of aromatic nitrogens is 2. The van der Waals surface area contributed by atoms with E-state index in [1.165, 1.54) is 0 Å². The highest BCUT2D eigenvalue weighted by Crippen LogP contribution is 2.16. The van der Waals surface area contributed by atoms with Gasteiger partial charge in [-0.05, 0) is 13.0 Å². The van der Waals surface area contributed by atoms with Gasteiger partial charge in [0.2, 0.25) is 0 Å². The summed E-state index contributed by atoms with van der Waals surface area (Å²) >= 11 is 0. The first kappa shape index (κ1) is 8.26. The second kappa shape index (κ2) is 3.18. The van der Waals surface area contributed by atoms with Crippen molar-refractivity contribution in [3.63, 3.8) is 0 Å². The van der Waals surface area contributed by atoms with Crippen LogP contribution in [0, 0.1) is 6.92 Å². The molecule has 0 spiro atoms. The van der Waals surface area contributed by atoms with Crippen molar-refractivity contribution in [2.24, 2.45) is 0 Å². The van der Waals surface area contributed by atoms with E-state index in [0.29, 0.717) is 6.54 Å². The molecule has 3 nitrogen and oxygen atoms in total. The molecule has 0 saturated carbocycles. The van der Waals surface area contributed by atoms with Crippen LogP contribution in [0.15, 0.2) is 24.3 Å². The third-order valence-electron chi connectivity index (χ3n) is 2.22. The smallest absolute Gasteiger partial charge is 0.0926 e. The fraction of sp³-hybridized carbons (Fsp3) is 0.300. The van der Waals surface area contributed by atoms with E-state index in [2.05, 4.69) is 5.10 Å². The normalized spacial score (nSPS) is 10.9. The Morgan fingerprint density at radius 2 is 2.15 bits per heavy atom. The van der Waals surface area contributed by atoms with E-state index < -0.39 is 0 Å². The van der Waals surface area contributed by atoms with Crippen LogP contribution in [-0.4, -0.2) is 21.5 Å². The molecular weight excluding hydrogens is 164 g/mol. The molecular formula is C10H12N2O. The van der Waals surface area contributed by atoms with Crippen LogP contribution in [0.2, 0.25) is 0 Å². The summed E-state index contributed by atoms with van der Waals surface area (Å²) < 4.78 is 1.84. The average Bonchev–Trinajstić information content (AvgIpc) is 2.46. The summed E-state index contributed by atoms with van der Waals surface area (Å²) in [5.74, 6) is 0. The Balaban J connectivity index is 2.60. The van der Waals surface area contributed by atoms with Gasteiger partial charge in [0.05, 0.1) is 18.7 Å². The van der Waals surface area contributed by atoms with Gasteiger partial charge >= 0.3 is 0 Å². The highest BCUT2D eigenvalue weighted by molar-refractivity contribution is 5.81. The highest BCUT2D eigenvalue weighted by atomic mass is 16.3. The number of rotatable bonds is 2. The number of fused-ring (bicyclic) bond motifs is 1. The molecule has 0 aliphatic rings. The van der Waals surface area contributed by atoms with Gasteiger partial charge in [-0.2, -0.15) is 5.10 Å². The molecule has 2 rings (SSSR count). The van der Waals surface area contributed by atoms with Gasteiger partial charge in [0.15, 0.2) is 0 Å². The molecule has 1 aromatic carbocycles. The minimum absolute atomic E-state index is 0.134. The number of benzene rings is 1. The molecule has 68 valence electrons. The molecule has 0 radical (unpaired) electrons. The van der Waals surface area contributed by atoms with Crippen molar-refractivity contribution in [2.75, 3.05) is 6.61 Å². The Bertz CT molecular complexity index is 420. The van der Waals surface area contributed by atoms with Crippen LogP contribution >= 0.6 is 0 Å². The van der Waals surface area contributed by atoms with Crippen LogP contribution in [0.1, 0.15) is 5.69 Å². The van der Waals surface area contributed by atoms with Crippen LogP contribution in [0.25, 0.3) is 10.9 Å². The van der Waals surface area contributed by atoms with Crippen molar-refractivity contribution < 1.29 is 5.11 Å².